The summed E-state index contributed by atoms with van der Waals surface area (Å²) >= 11 is 0. The van der Waals surface area contributed by atoms with E-state index < -0.39 is 5.91 Å². The molecule has 0 saturated carbocycles. The van der Waals surface area contributed by atoms with E-state index in [0.717, 1.165) is 5.56 Å². The second kappa shape index (κ2) is 8.43. The van der Waals surface area contributed by atoms with Gasteiger partial charge >= 0.3 is 0 Å². The molecule has 0 radical (unpaired) electrons. The fraction of sp³-hybridized carbons (Fsp3) is 0.176. The van der Waals surface area contributed by atoms with Crippen LogP contribution >= 0.6 is 0 Å². The Labute approximate surface area is 134 Å². The first-order valence-corrected chi connectivity index (χ1v) is 7.08. The molecule has 120 valence electrons. The minimum atomic E-state index is -0.440. The number of hydrazine groups is 1. The van der Waals surface area contributed by atoms with E-state index in [0.29, 0.717) is 18.1 Å². The van der Waals surface area contributed by atoms with Gasteiger partial charge in [0.25, 0.3) is 5.91 Å². The molecule has 0 fully saturated rings. The number of hydrogen-bond acceptors (Lipinski definition) is 4. The SMILES string of the molecule is CC(=O)NNC(=O)COc1ccc(OCc2ccccc2)cc1. The molecule has 0 bridgehead atoms. The summed E-state index contributed by atoms with van der Waals surface area (Å²) in [6.45, 7) is 1.60. The van der Waals surface area contributed by atoms with Crippen molar-refractivity contribution in [2.24, 2.45) is 0 Å². The minimum Gasteiger partial charge on any atom is -0.489 e. The van der Waals surface area contributed by atoms with Gasteiger partial charge in [-0.3, -0.25) is 20.4 Å². The molecule has 0 heterocycles. The molecule has 0 unspecified atom stereocenters. The van der Waals surface area contributed by atoms with E-state index in [2.05, 4.69) is 10.9 Å². The summed E-state index contributed by atoms with van der Waals surface area (Å²) in [6, 6.07) is 16.8. The van der Waals surface area contributed by atoms with Crippen LogP contribution in [0.4, 0.5) is 0 Å². The number of hydrogen-bond donors (Lipinski definition) is 2. The Morgan fingerprint density at radius 2 is 1.48 bits per heavy atom. The van der Waals surface area contributed by atoms with E-state index in [1.54, 1.807) is 24.3 Å². The Morgan fingerprint density at radius 1 is 0.870 bits per heavy atom. The van der Waals surface area contributed by atoms with Crippen LogP contribution < -0.4 is 20.3 Å². The average Bonchev–Trinajstić information content (AvgIpc) is 2.58. The van der Waals surface area contributed by atoms with Crippen LogP contribution in [0.25, 0.3) is 0 Å². The Morgan fingerprint density at radius 3 is 2.09 bits per heavy atom. The van der Waals surface area contributed by atoms with Gasteiger partial charge in [0, 0.05) is 6.92 Å². The zero-order valence-electron chi connectivity index (χ0n) is 12.7. The first-order chi connectivity index (χ1) is 11.1. The van der Waals surface area contributed by atoms with Crippen molar-refractivity contribution >= 4 is 11.8 Å². The highest BCUT2D eigenvalue weighted by atomic mass is 16.5. The van der Waals surface area contributed by atoms with Crippen LogP contribution in [0.3, 0.4) is 0 Å². The van der Waals surface area contributed by atoms with E-state index in [1.807, 2.05) is 30.3 Å². The van der Waals surface area contributed by atoms with Crippen LogP contribution in [-0.2, 0) is 16.2 Å². The molecule has 23 heavy (non-hydrogen) atoms. The van der Waals surface area contributed by atoms with Gasteiger partial charge in [-0.1, -0.05) is 30.3 Å². The maximum atomic E-state index is 11.4. The average molecular weight is 314 g/mol. The Bertz CT molecular complexity index is 641. The highest BCUT2D eigenvalue weighted by molar-refractivity contribution is 5.81. The number of rotatable bonds is 6. The summed E-state index contributed by atoms with van der Waals surface area (Å²) in [5.41, 5.74) is 5.48. The van der Waals surface area contributed by atoms with Crippen LogP contribution in [0.15, 0.2) is 54.6 Å². The normalized spacial score (nSPS) is 9.78. The molecule has 6 nitrogen and oxygen atoms in total. The molecule has 6 heteroatoms. The lowest BCUT2D eigenvalue weighted by atomic mass is 10.2. The van der Waals surface area contributed by atoms with Gasteiger partial charge in [0.2, 0.25) is 5.91 Å². The van der Waals surface area contributed by atoms with Gasteiger partial charge in [0.1, 0.15) is 18.1 Å². The number of ether oxygens (including phenoxy) is 2. The number of amides is 2. The van der Waals surface area contributed by atoms with Crippen molar-refractivity contribution in [2.45, 2.75) is 13.5 Å². The quantitative estimate of drug-likeness (QED) is 0.797. The Kier molecular flexibility index (Phi) is 5.99. The molecule has 2 rings (SSSR count). The molecule has 2 aromatic carbocycles. The third kappa shape index (κ3) is 6.09. The minimum absolute atomic E-state index is 0.190. The molecule has 2 amide bonds. The van der Waals surface area contributed by atoms with Crippen LogP contribution in [-0.4, -0.2) is 18.4 Å². The molecular formula is C17H18N2O4. The second-order valence-electron chi connectivity index (χ2n) is 4.76. The predicted octanol–water partition coefficient (Wildman–Crippen LogP) is 1.81. The fourth-order valence-corrected chi connectivity index (χ4v) is 1.72. The van der Waals surface area contributed by atoms with Crippen LogP contribution in [0, 0.1) is 0 Å². The summed E-state index contributed by atoms with van der Waals surface area (Å²) in [5.74, 6) is 0.460. The van der Waals surface area contributed by atoms with Crippen LogP contribution in [0.5, 0.6) is 11.5 Å². The molecule has 0 atom stereocenters. The van der Waals surface area contributed by atoms with Crippen molar-refractivity contribution in [3.05, 3.63) is 60.2 Å². The van der Waals surface area contributed by atoms with E-state index >= 15 is 0 Å². The number of nitrogens with one attached hydrogen (secondary N) is 2. The van der Waals surface area contributed by atoms with E-state index in [1.165, 1.54) is 6.92 Å². The van der Waals surface area contributed by atoms with E-state index in [4.69, 9.17) is 9.47 Å². The molecule has 0 aromatic heterocycles. The Hall–Kier alpha value is -3.02. The smallest absolute Gasteiger partial charge is 0.276 e. The highest BCUT2D eigenvalue weighted by Crippen LogP contribution is 2.18. The van der Waals surface area contributed by atoms with Crippen molar-refractivity contribution in [1.82, 2.24) is 10.9 Å². The van der Waals surface area contributed by atoms with E-state index in [9.17, 15) is 9.59 Å². The number of carbonyl (C=O) groups is 2. The first-order valence-electron chi connectivity index (χ1n) is 7.08. The lowest BCUT2D eigenvalue weighted by molar-refractivity contribution is -0.129. The van der Waals surface area contributed by atoms with Crippen LogP contribution in [0.1, 0.15) is 12.5 Å². The topological polar surface area (TPSA) is 76.7 Å². The van der Waals surface area contributed by atoms with Gasteiger partial charge in [-0.15, -0.1) is 0 Å². The molecule has 0 aliphatic heterocycles. The molecule has 0 aliphatic rings. The number of benzene rings is 2. The zero-order chi connectivity index (χ0) is 16.5. The lowest BCUT2D eigenvalue weighted by Crippen LogP contribution is -2.42. The van der Waals surface area contributed by atoms with Crippen molar-refractivity contribution in [2.75, 3.05) is 6.61 Å². The monoisotopic (exact) mass is 314 g/mol. The largest absolute Gasteiger partial charge is 0.489 e. The Balaban J connectivity index is 1.76. The maximum absolute atomic E-state index is 11.4. The van der Waals surface area contributed by atoms with Gasteiger partial charge < -0.3 is 9.47 Å². The molecule has 0 saturated heterocycles. The van der Waals surface area contributed by atoms with Gasteiger partial charge in [-0.2, -0.15) is 0 Å². The summed E-state index contributed by atoms with van der Waals surface area (Å²) in [4.78, 5) is 22.0. The first kappa shape index (κ1) is 16.4. The standard InChI is InChI=1S/C17H18N2O4/c1-13(20)18-19-17(21)12-23-16-9-7-15(8-10-16)22-11-14-5-3-2-4-6-14/h2-10H,11-12H2,1H3,(H,18,20)(H,19,21). The molecule has 0 spiro atoms. The maximum Gasteiger partial charge on any atom is 0.276 e. The van der Waals surface area contributed by atoms with Crippen molar-refractivity contribution in [1.29, 1.82) is 0 Å². The molecule has 2 N–H and O–H groups in total. The van der Waals surface area contributed by atoms with Crippen molar-refractivity contribution in [3.8, 4) is 11.5 Å². The van der Waals surface area contributed by atoms with Crippen molar-refractivity contribution in [3.63, 3.8) is 0 Å². The van der Waals surface area contributed by atoms with Gasteiger partial charge in [-0.05, 0) is 29.8 Å². The summed E-state index contributed by atoms with van der Waals surface area (Å²) in [5, 5.41) is 0. The predicted molar refractivity (Wildman–Crippen MR) is 84.7 cm³/mol. The second-order valence-corrected chi connectivity index (χ2v) is 4.76. The van der Waals surface area contributed by atoms with Crippen LogP contribution in [0.2, 0.25) is 0 Å². The lowest BCUT2D eigenvalue weighted by Gasteiger charge is -2.09. The molecule has 2 aromatic rings. The summed E-state index contributed by atoms with van der Waals surface area (Å²) in [7, 11) is 0. The summed E-state index contributed by atoms with van der Waals surface area (Å²) in [6.07, 6.45) is 0. The third-order valence-corrected chi connectivity index (χ3v) is 2.82. The van der Waals surface area contributed by atoms with Gasteiger partial charge in [0.15, 0.2) is 6.61 Å². The zero-order valence-corrected chi connectivity index (χ0v) is 12.7. The third-order valence-electron chi connectivity index (χ3n) is 2.82. The molecule has 0 aliphatic carbocycles. The number of carbonyl (C=O) groups excluding carboxylic acids is 2. The van der Waals surface area contributed by atoms with Gasteiger partial charge in [0.05, 0.1) is 0 Å². The van der Waals surface area contributed by atoms with Gasteiger partial charge in [-0.25, -0.2) is 0 Å². The van der Waals surface area contributed by atoms with E-state index in [-0.39, 0.29) is 12.5 Å². The van der Waals surface area contributed by atoms with Crippen molar-refractivity contribution < 1.29 is 19.1 Å². The highest BCUT2D eigenvalue weighted by Gasteiger charge is 2.03. The summed E-state index contributed by atoms with van der Waals surface area (Å²) < 4.78 is 11.0. The fourth-order valence-electron chi connectivity index (χ4n) is 1.72. The molecular weight excluding hydrogens is 296 g/mol.